The van der Waals surface area contributed by atoms with Gasteiger partial charge in [-0.05, 0) is 43.0 Å². The summed E-state index contributed by atoms with van der Waals surface area (Å²) in [5.74, 6) is 3.42. The highest BCUT2D eigenvalue weighted by Gasteiger charge is 2.17. The van der Waals surface area contributed by atoms with Crippen LogP contribution in [0, 0.1) is 13.8 Å². The molecule has 0 aliphatic carbocycles. The largest absolute Gasteiger partial charge is 0.466 e. The van der Waals surface area contributed by atoms with Crippen LogP contribution in [0.1, 0.15) is 43.7 Å². The first-order valence-corrected chi connectivity index (χ1v) is 10.2. The van der Waals surface area contributed by atoms with E-state index in [0.29, 0.717) is 28.6 Å². The quantitative estimate of drug-likeness (QED) is 0.393. The Bertz CT molecular complexity index is 1120. The van der Waals surface area contributed by atoms with Crippen molar-refractivity contribution in [2.75, 3.05) is 0 Å². The number of hydrogen-bond acceptors (Lipinski definition) is 8. The van der Waals surface area contributed by atoms with Gasteiger partial charge in [0, 0.05) is 5.56 Å². The second-order valence-corrected chi connectivity index (χ2v) is 8.74. The maximum atomic E-state index is 5.77. The smallest absolute Gasteiger partial charge is 0.277 e. The summed E-state index contributed by atoms with van der Waals surface area (Å²) in [5.41, 5.74) is 3.06. The van der Waals surface area contributed by atoms with Crippen LogP contribution in [0.3, 0.4) is 0 Å². The number of furan rings is 1. The van der Waals surface area contributed by atoms with Crippen LogP contribution in [0.4, 0.5) is 0 Å². The summed E-state index contributed by atoms with van der Waals surface area (Å²) in [6.07, 6.45) is 0. The molecule has 0 atom stereocenters. The Morgan fingerprint density at radius 1 is 0.862 bits per heavy atom. The van der Waals surface area contributed by atoms with E-state index in [9.17, 15) is 0 Å². The minimum atomic E-state index is 0.102. The third kappa shape index (κ3) is 4.27. The van der Waals surface area contributed by atoms with Gasteiger partial charge in [-0.25, -0.2) is 0 Å². The summed E-state index contributed by atoms with van der Waals surface area (Å²) in [6, 6.07) is 10.1. The van der Waals surface area contributed by atoms with Gasteiger partial charge in [-0.1, -0.05) is 44.7 Å². The lowest BCUT2D eigenvalue weighted by Crippen LogP contribution is -2.10. The van der Waals surface area contributed by atoms with Crippen molar-refractivity contribution in [2.24, 2.45) is 0 Å². The van der Waals surface area contributed by atoms with Crippen molar-refractivity contribution in [2.45, 2.75) is 51.0 Å². The second kappa shape index (κ2) is 7.51. The van der Waals surface area contributed by atoms with Gasteiger partial charge in [-0.2, -0.15) is 0 Å². The van der Waals surface area contributed by atoms with Crippen molar-refractivity contribution in [3.8, 4) is 22.9 Å². The zero-order valence-corrected chi connectivity index (χ0v) is 17.8. The molecule has 0 bridgehead atoms. The SMILES string of the molecule is Cc1cc(-c2nnc(CSc3nnc(-c4ccc(C(C)(C)C)cc4)o3)o2)c(C)o1. The molecule has 0 unspecified atom stereocenters. The highest BCUT2D eigenvalue weighted by Crippen LogP contribution is 2.30. The third-order valence-corrected chi connectivity index (χ3v) is 5.26. The van der Waals surface area contributed by atoms with Gasteiger partial charge in [0.2, 0.25) is 11.8 Å². The van der Waals surface area contributed by atoms with E-state index in [2.05, 4.69) is 53.3 Å². The minimum absolute atomic E-state index is 0.102. The van der Waals surface area contributed by atoms with Gasteiger partial charge in [-0.15, -0.1) is 20.4 Å². The van der Waals surface area contributed by atoms with Crippen LogP contribution in [0.2, 0.25) is 0 Å². The van der Waals surface area contributed by atoms with Gasteiger partial charge in [0.15, 0.2) is 0 Å². The molecule has 1 aromatic carbocycles. The fourth-order valence-corrected chi connectivity index (χ4v) is 3.48. The molecule has 3 heterocycles. The molecular weight excluding hydrogens is 388 g/mol. The Hall–Kier alpha value is -2.87. The summed E-state index contributed by atoms with van der Waals surface area (Å²) in [6.45, 7) is 10.3. The maximum Gasteiger partial charge on any atom is 0.277 e. The number of rotatable bonds is 5. The molecule has 0 spiro atoms. The van der Waals surface area contributed by atoms with Crippen LogP contribution in [-0.4, -0.2) is 20.4 Å². The van der Waals surface area contributed by atoms with Crippen LogP contribution < -0.4 is 0 Å². The molecule has 0 aliphatic heterocycles. The highest BCUT2D eigenvalue weighted by atomic mass is 32.2. The van der Waals surface area contributed by atoms with E-state index in [1.54, 1.807) is 0 Å². The second-order valence-electron chi connectivity index (χ2n) is 7.82. The van der Waals surface area contributed by atoms with Crippen LogP contribution in [-0.2, 0) is 11.2 Å². The monoisotopic (exact) mass is 410 g/mol. The number of aromatic nitrogens is 4. The number of aryl methyl sites for hydroxylation is 2. The molecule has 0 saturated carbocycles. The number of hydrogen-bond donors (Lipinski definition) is 0. The molecule has 4 rings (SSSR count). The lowest BCUT2D eigenvalue weighted by atomic mass is 9.87. The van der Waals surface area contributed by atoms with Gasteiger partial charge in [0.1, 0.15) is 11.5 Å². The molecule has 8 heteroatoms. The molecule has 4 aromatic rings. The summed E-state index contributed by atoms with van der Waals surface area (Å²) in [7, 11) is 0. The van der Waals surface area contributed by atoms with Crippen molar-refractivity contribution >= 4 is 11.8 Å². The fraction of sp³-hybridized carbons (Fsp3) is 0.333. The zero-order valence-electron chi connectivity index (χ0n) is 17.0. The standard InChI is InChI=1S/C21H22N4O3S/c1-12-10-16(13(2)26-12)19-24-22-17(27-19)11-29-20-25-23-18(28-20)14-6-8-15(9-7-14)21(3,4)5/h6-10H,11H2,1-5H3. The van der Waals surface area contributed by atoms with E-state index in [1.165, 1.54) is 17.3 Å². The first-order valence-electron chi connectivity index (χ1n) is 9.26. The average molecular weight is 410 g/mol. The number of benzene rings is 1. The normalized spacial score (nSPS) is 11.9. The zero-order chi connectivity index (χ0) is 20.6. The van der Waals surface area contributed by atoms with Crippen molar-refractivity contribution in [1.29, 1.82) is 0 Å². The topological polar surface area (TPSA) is 91.0 Å². The predicted octanol–water partition coefficient (Wildman–Crippen LogP) is 5.59. The molecule has 0 radical (unpaired) electrons. The molecule has 0 amide bonds. The van der Waals surface area contributed by atoms with Crippen molar-refractivity contribution in [1.82, 2.24) is 20.4 Å². The third-order valence-electron chi connectivity index (χ3n) is 4.46. The number of thioether (sulfide) groups is 1. The van der Waals surface area contributed by atoms with E-state index >= 15 is 0 Å². The van der Waals surface area contributed by atoms with Gasteiger partial charge in [0.05, 0.1) is 11.3 Å². The van der Waals surface area contributed by atoms with E-state index in [4.69, 9.17) is 13.3 Å². The van der Waals surface area contributed by atoms with E-state index in [1.807, 2.05) is 32.0 Å². The Morgan fingerprint density at radius 2 is 1.59 bits per heavy atom. The molecule has 150 valence electrons. The molecule has 0 aliphatic rings. The van der Waals surface area contributed by atoms with Gasteiger partial charge >= 0.3 is 0 Å². The predicted molar refractivity (Wildman–Crippen MR) is 109 cm³/mol. The first-order chi connectivity index (χ1) is 13.8. The highest BCUT2D eigenvalue weighted by molar-refractivity contribution is 7.98. The molecule has 29 heavy (non-hydrogen) atoms. The average Bonchev–Trinajstić information content (AvgIpc) is 3.39. The van der Waals surface area contributed by atoms with E-state index in [-0.39, 0.29) is 5.41 Å². The summed E-state index contributed by atoms with van der Waals surface area (Å²) >= 11 is 1.35. The molecule has 7 nitrogen and oxygen atoms in total. The van der Waals surface area contributed by atoms with Crippen LogP contribution in [0.25, 0.3) is 22.9 Å². The summed E-state index contributed by atoms with van der Waals surface area (Å²) in [4.78, 5) is 0. The van der Waals surface area contributed by atoms with Crippen molar-refractivity contribution < 1.29 is 13.3 Å². The van der Waals surface area contributed by atoms with Gasteiger partial charge < -0.3 is 13.3 Å². The molecule has 0 N–H and O–H groups in total. The summed E-state index contributed by atoms with van der Waals surface area (Å²) < 4.78 is 17.0. The van der Waals surface area contributed by atoms with Crippen LogP contribution in [0.5, 0.6) is 0 Å². The van der Waals surface area contributed by atoms with Crippen LogP contribution >= 0.6 is 11.8 Å². The van der Waals surface area contributed by atoms with E-state index in [0.717, 1.165) is 22.6 Å². The van der Waals surface area contributed by atoms with Gasteiger partial charge in [-0.3, -0.25) is 0 Å². The Balaban J connectivity index is 1.42. The summed E-state index contributed by atoms with van der Waals surface area (Å²) in [5, 5.41) is 16.9. The lowest BCUT2D eigenvalue weighted by molar-refractivity contribution is 0.464. The Morgan fingerprint density at radius 3 is 2.24 bits per heavy atom. The molecule has 0 saturated heterocycles. The Labute approximate surface area is 172 Å². The van der Waals surface area contributed by atoms with Crippen molar-refractivity contribution in [3.63, 3.8) is 0 Å². The number of nitrogens with zero attached hydrogens (tertiary/aromatic N) is 4. The molecule has 0 fully saturated rings. The first kappa shape index (κ1) is 19.4. The molecular formula is C21H22N4O3S. The van der Waals surface area contributed by atoms with E-state index < -0.39 is 0 Å². The minimum Gasteiger partial charge on any atom is -0.466 e. The lowest BCUT2D eigenvalue weighted by Gasteiger charge is -2.18. The maximum absolute atomic E-state index is 5.77. The van der Waals surface area contributed by atoms with Crippen LogP contribution in [0.15, 0.2) is 48.8 Å². The van der Waals surface area contributed by atoms with Crippen molar-refractivity contribution in [3.05, 3.63) is 53.3 Å². The molecule has 3 aromatic heterocycles. The fourth-order valence-electron chi connectivity index (χ4n) is 2.88. The Kier molecular flexibility index (Phi) is 5.04. The van der Waals surface area contributed by atoms with Gasteiger partial charge in [0.25, 0.3) is 11.1 Å².